The summed E-state index contributed by atoms with van der Waals surface area (Å²) in [5, 5.41) is 0. The molecule has 1 aromatic carbocycles. The van der Waals surface area contributed by atoms with Gasteiger partial charge in [0.05, 0.1) is 0 Å². The number of ketones is 1. The molecule has 0 fully saturated rings. The SMILES string of the molecule is CN(C)CCCC(=O)c1cc(N)cc(-c2nc3ncccc3o2)c1. The Morgan fingerprint density at radius 1 is 1.29 bits per heavy atom. The summed E-state index contributed by atoms with van der Waals surface area (Å²) < 4.78 is 5.71. The molecule has 0 radical (unpaired) electrons. The Morgan fingerprint density at radius 2 is 2.12 bits per heavy atom. The zero-order valence-corrected chi connectivity index (χ0v) is 13.8. The molecule has 0 bridgehead atoms. The van der Waals surface area contributed by atoms with Crippen molar-refractivity contribution in [2.24, 2.45) is 0 Å². The van der Waals surface area contributed by atoms with E-state index in [1.54, 1.807) is 36.5 Å². The van der Waals surface area contributed by atoms with Crippen molar-refractivity contribution in [1.82, 2.24) is 14.9 Å². The van der Waals surface area contributed by atoms with E-state index in [1.165, 1.54) is 0 Å². The molecular formula is C18H20N4O2. The van der Waals surface area contributed by atoms with Crippen LogP contribution in [-0.2, 0) is 0 Å². The molecule has 0 atom stereocenters. The average Bonchev–Trinajstić information content (AvgIpc) is 2.98. The third-order valence-corrected chi connectivity index (χ3v) is 3.70. The van der Waals surface area contributed by atoms with Crippen LogP contribution in [-0.4, -0.2) is 41.3 Å². The van der Waals surface area contributed by atoms with Gasteiger partial charge in [0, 0.05) is 29.4 Å². The van der Waals surface area contributed by atoms with Gasteiger partial charge in [-0.05, 0) is 57.4 Å². The maximum absolute atomic E-state index is 12.4. The average molecular weight is 324 g/mol. The van der Waals surface area contributed by atoms with Crippen LogP contribution in [0.15, 0.2) is 40.9 Å². The fourth-order valence-corrected chi connectivity index (χ4v) is 2.53. The van der Waals surface area contributed by atoms with E-state index < -0.39 is 0 Å². The number of fused-ring (bicyclic) bond motifs is 1. The van der Waals surface area contributed by atoms with Gasteiger partial charge >= 0.3 is 0 Å². The molecule has 0 amide bonds. The first kappa shape index (κ1) is 16.1. The van der Waals surface area contributed by atoms with Gasteiger partial charge in [0.25, 0.3) is 0 Å². The summed E-state index contributed by atoms with van der Waals surface area (Å²) >= 11 is 0. The van der Waals surface area contributed by atoms with Crippen molar-refractivity contribution in [3.8, 4) is 11.5 Å². The van der Waals surface area contributed by atoms with E-state index in [0.717, 1.165) is 13.0 Å². The summed E-state index contributed by atoms with van der Waals surface area (Å²) in [5.41, 5.74) is 8.88. The number of nitrogen functional groups attached to an aromatic ring is 1. The summed E-state index contributed by atoms with van der Waals surface area (Å²) in [5.74, 6) is 0.484. The normalized spacial score (nSPS) is 11.3. The van der Waals surface area contributed by atoms with E-state index >= 15 is 0 Å². The molecule has 2 N–H and O–H groups in total. The molecule has 3 rings (SSSR count). The molecule has 2 heterocycles. The Kier molecular flexibility index (Phi) is 4.57. The highest BCUT2D eigenvalue weighted by Crippen LogP contribution is 2.26. The zero-order valence-electron chi connectivity index (χ0n) is 13.8. The van der Waals surface area contributed by atoms with Crippen LogP contribution in [0.5, 0.6) is 0 Å². The number of anilines is 1. The molecule has 0 aliphatic carbocycles. The standard InChI is InChI=1S/C18H20N4O2/c1-22(2)8-4-5-15(23)12-9-13(11-14(19)10-12)18-21-17-16(24-18)6-3-7-20-17/h3,6-7,9-11H,4-5,8,19H2,1-2H3. The van der Waals surface area contributed by atoms with Crippen LogP contribution in [0.25, 0.3) is 22.7 Å². The monoisotopic (exact) mass is 324 g/mol. The molecule has 2 aromatic heterocycles. The summed E-state index contributed by atoms with van der Waals surface area (Å²) in [6.07, 6.45) is 2.95. The summed E-state index contributed by atoms with van der Waals surface area (Å²) in [4.78, 5) is 23.0. The fraction of sp³-hybridized carbons (Fsp3) is 0.278. The smallest absolute Gasteiger partial charge is 0.228 e. The maximum atomic E-state index is 12.4. The molecular weight excluding hydrogens is 304 g/mol. The number of benzene rings is 1. The van der Waals surface area contributed by atoms with Gasteiger partial charge in [-0.1, -0.05) is 0 Å². The minimum Gasteiger partial charge on any atom is -0.434 e. The molecule has 0 spiro atoms. The third kappa shape index (κ3) is 3.60. The van der Waals surface area contributed by atoms with E-state index in [4.69, 9.17) is 10.2 Å². The van der Waals surface area contributed by atoms with Crippen molar-refractivity contribution >= 4 is 22.7 Å². The summed E-state index contributed by atoms with van der Waals surface area (Å²) in [6, 6.07) is 8.82. The predicted octanol–water partition coefficient (Wildman–Crippen LogP) is 3.00. The van der Waals surface area contributed by atoms with Crippen molar-refractivity contribution in [1.29, 1.82) is 0 Å². The third-order valence-electron chi connectivity index (χ3n) is 3.70. The van der Waals surface area contributed by atoms with Crippen LogP contribution < -0.4 is 5.73 Å². The van der Waals surface area contributed by atoms with Gasteiger partial charge in [-0.2, -0.15) is 4.98 Å². The lowest BCUT2D eigenvalue weighted by Gasteiger charge is -2.09. The minimum atomic E-state index is 0.0691. The topological polar surface area (TPSA) is 85.2 Å². The predicted molar refractivity (Wildman–Crippen MR) is 93.8 cm³/mol. The molecule has 0 saturated heterocycles. The Morgan fingerprint density at radius 3 is 2.88 bits per heavy atom. The van der Waals surface area contributed by atoms with E-state index in [2.05, 4.69) is 14.9 Å². The van der Waals surface area contributed by atoms with E-state index in [9.17, 15) is 4.79 Å². The van der Waals surface area contributed by atoms with Gasteiger partial charge in [0.1, 0.15) is 0 Å². The lowest BCUT2D eigenvalue weighted by Crippen LogP contribution is -2.14. The number of aromatic nitrogens is 2. The van der Waals surface area contributed by atoms with Crippen molar-refractivity contribution in [3.05, 3.63) is 42.1 Å². The molecule has 0 aliphatic rings. The second-order valence-electron chi connectivity index (χ2n) is 6.02. The van der Waals surface area contributed by atoms with Crippen molar-refractivity contribution in [2.75, 3.05) is 26.4 Å². The number of nitrogens with zero attached hydrogens (tertiary/aromatic N) is 3. The van der Waals surface area contributed by atoms with Crippen LogP contribution in [0, 0.1) is 0 Å². The first-order valence-electron chi connectivity index (χ1n) is 7.83. The van der Waals surface area contributed by atoms with Crippen LogP contribution in [0.2, 0.25) is 0 Å². The minimum absolute atomic E-state index is 0.0691. The number of Topliss-reactive ketones (excluding diaryl/α,β-unsaturated/α-hetero) is 1. The molecule has 0 aliphatic heterocycles. The number of hydrogen-bond donors (Lipinski definition) is 1. The number of carbonyl (C=O) groups excluding carboxylic acids is 1. The number of hydrogen-bond acceptors (Lipinski definition) is 6. The van der Waals surface area contributed by atoms with E-state index in [1.807, 2.05) is 14.1 Å². The van der Waals surface area contributed by atoms with Gasteiger partial charge in [0.2, 0.25) is 5.89 Å². The van der Waals surface area contributed by atoms with Gasteiger partial charge in [-0.25, -0.2) is 4.98 Å². The van der Waals surface area contributed by atoms with Gasteiger partial charge in [-0.15, -0.1) is 0 Å². The molecule has 3 aromatic rings. The lowest BCUT2D eigenvalue weighted by molar-refractivity contribution is 0.0977. The highest BCUT2D eigenvalue weighted by Gasteiger charge is 2.13. The van der Waals surface area contributed by atoms with Crippen molar-refractivity contribution < 1.29 is 9.21 Å². The number of oxazole rings is 1. The summed E-state index contributed by atoms with van der Waals surface area (Å²) in [7, 11) is 3.98. The molecule has 124 valence electrons. The first-order valence-corrected chi connectivity index (χ1v) is 7.83. The van der Waals surface area contributed by atoms with Gasteiger partial charge in [0.15, 0.2) is 17.0 Å². The number of carbonyl (C=O) groups is 1. The van der Waals surface area contributed by atoms with Crippen LogP contribution in [0.1, 0.15) is 23.2 Å². The van der Waals surface area contributed by atoms with Crippen LogP contribution >= 0.6 is 0 Å². The van der Waals surface area contributed by atoms with Crippen LogP contribution in [0.4, 0.5) is 5.69 Å². The summed E-state index contributed by atoms with van der Waals surface area (Å²) in [6.45, 7) is 0.873. The maximum Gasteiger partial charge on any atom is 0.228 e. The van der Waals surface area contributed by atoms with Crippen molar-refractivity contribution in [3.63, 3.8) is 0 Å². The molecule has 0 unspecified atom stereocenters. The first-order chi connectivity index (χ1) is 11.5. The van der Waals surface area contributed by atoms with E-state index in [0.29, 0.717) is 40.4 Å². The largest absolute Gasteiger partial charge is 0.434 e. The Bertz CT molecular complexity index is 837. The fourth-order valence-electron chi connectivity index (χ4n) is 2.53. The second kappa shape index (κ2) is 6.80. The lowest BCUT2D eigenvalue weighted by atomic mass is 10.0. The number of rotatable bonds is 6. The second-order valence-corrected chi connectivity index (χ2v) is 6.02. The number of pyridine rings is 1. The molecule has 6 heteroatoms. The van der Waals surface area contributed by atoms with Crippen molar-refractivity contribution in [2.45, 2.75) is 12.8 Å². The zero-order chi connectivity index (χ0) is 17.1. The number of nitrogens with two attached hydrogens (primary N) is 1. The molecule has 0 saturated carbocycles. The quantitative estimate of drug-likeness (QED) is 0.554. The Labute approximate surface area is 140 Å². The highest BCUT2D eigenvalue weighted by atomic mass is 16.3. The Balaban J connectivity index is 1.87. The Hall–Kier alpha value is -2.73. The van der Waals surface area contributed by atoms with Gasteiger partial charge in [-0.3, -0.25) is 4.79 Å². The molecule has 6 nitrogen and oxygen atoms in total. The highest BCUT2D eigenvalue weighted by molar-refractivity contribution is 5.98. The molecule has 24 heavy (non-hydrogen) atoms. The van der Waals surface area contributed by atoms with Gasteiger partial charge < -0.3 is 15.1 Å². The van der Waals surface area contributed by atoms with Crippen LogP contribution in [0.3, 0.4) is 0 Å². The van der Waals surface area contributed by atoms with E-state index in [-0.39, 0.29) is 5.78 Å².